The van der Waals surface area contributed by atoms with Crippen LogP contribution < -0.4 is 16.0 Å². The summed E-state index contributed by atoms with van der Waals surface area (Å²) in [5.41, 5.74) is 2.48. The van der Waals surface area contributed by atoms with Crippen molar-refractivity contribution in [3.63, 3.8) is 0 Å². The van der Waals surface area contributed by atoms with E-state index in [1.807, 2.05) is 0 Å². The monoisotopic (exact) mass is 319 g/mol. The van der Waals surface area contributed by atoms with Crippen LogP contribution in [0.4, 0.5) is 4.79 Å². The number of amides is 3. The molecule has 0 spiro atoms. The average molecular weight is 319 g/mol. The van der Waals surface area contributed by atoms with Gasteiger partial charge in [-0.3, -0.25) is 15.4 Å². The molecule has 3 amide bonds. The third-order valence-electron chi connectivity index (χ3n) is 3.83. The van der Waals surface area contributed by atoms with E-state index in [0.717, 1.165) is 18.4 Å². The van der Waals surface area contributed by atoms with Crippen molar-refractivity contribution in [3.05, 3.63) is 35.4 Å². The first-order valence-electron chi connectivity index (χ1n) is 8.26. The fourth-order valence-electron chi connectivity index (χ4n) is 2.48. The molecule has 0 radical (unpaired) electrons. The van der Waals surface area contributed by atoms with Crippen molar-refractivity contribution in [2.45, 2.75) is 52.6 Å². The molecule has 0 saturated heterocycles. The number of nitrogens with one attached hydrogen (secondary N) is 3. The zero-order valence-electron chi connectivity index (χ0n) is 14.8. The summed E-state index contributed by atoms with van der Waals surface area (Å²) in [7, 11) is 1.48. The first-order valence-corrected chi connectivity index (χ1v) is 8.26. The number of aryl methyl sites for hydroxylation is 1. The van der Waals surface area contributed by atoms with E-state index in [1.165, 1.54) is 12.6 Å². The van der Waals surface area contributed by atoms with Crippen LogP contribution in [0.5, 0.6) is 0 Å². The quantitative estimate of drug-likeness (QED) is 0.724. The summed E-state index contributed by atoms with van der Waals surface area (Å²) < 4.78 is 0. The van der Waals surface area contributed by atoms with Crippen LogP contribution in [-0.2, 0) is 11.2 Å². The van der Waals surface area contributed by atoms with E-state index in [9.17, 15) is 9.59 Å². The number of carbonyl (C=O) groups excluding carboxylic acids is 2. The summed E-state index contributed by atoms with van der Waals surface area (Å²) in [6.45, 7) is 8.15. The van der Waals surface area contributed by atoms with E-state index in [2.05, 4.69) is 61.0 Å². The lowest BCUT2D eigenvalue weighted by atomic mass is 9.94. The van der Waals surface area contributed by atoms with Crippen LogP contribution in [0.3, 0.4) is 0 Å². The lowest BCUT2D eigenvalue weighted by Gasteiger charge is -2.26. The largest absolute Gasteiger partial charge is 0.341 e. The molecule has 23 heavy (non-hydrogen) atoms. The SMILES string of the molecule is CCCc1ccc([C@@H](N[C@H](C)C(=O)NC(=O)NC)C(C)C)cc1. The van der Waals surface area contributed by atoms with Crippen molar-refractivity contribution in [2.75, 3.05) is 7.05 Å². The van der Waals surface area contributed by atoms with Crippen LogP contribution in [0.25, 0.3) is 0 Å². The Morgan fingerprint density at radius 3 is 2.17 bits per heavy atom. The van der Waals surface area contributed by atoms with Gasteiger partial charge in [-0.2, -0.15) is 0 Å². The van der Waals surface area contributed by atoms with Gasteiger partial charge in [-0.15, -0.1) is 0 Å². The minimum Gasteiger partial charge on any atom is -0.341 e. The number of benzene rings is 1. The Morgan fingerprint density at radius 2 is 1.70 bits per heavy atom. The van der Waals surface area contributed by atoms with Crippen LogP contribution in [-0.4, -0.2) is 25.0 Å². The Balaban J connectivity index is 2.78. The fourth-order valence-corrected chi connectivity index (χ4v) is 2.48. The molecule has 5 nitrogen and oxygen atoms in total. The van der Waals surface area contributed by atoms with Crippen LogP contribution in [0.1, 0.15) is 51.3 Å². The standard InChI is InChI=1S/C18H29N3O2/c1-6-7-14-8-10-15(11-9-14)16(12(2)3)20-13(4)17(22)21-18(23)19-5/h8-13,16,20H,6-7H2,1-5H3,(H2,19,21,22,23)/t13-,16+/m1/s1. The third kappa shape index (κ3) is 6.02. The van der Waals surface area contributed by atoms with Crippen LogP contribution >= 0.6 is 0 Å². The highest BCUT2D eigenvalue weighted by Gasteiger charge is 2.22. The van der Waals surface area contributed by atoms with Gasteiger partial charge in [-0.05, 0) is 30.4 Å². The summed E-state index contributed by atoms with van der Waals surface area (Å²) in [5.74, 6) is -0.0140. The van der Waals surface area contributed by atoms with Gasteiger partial charge in [0.25, 0.3) is 0 Å². The van der Waals surface area contributed by atoms with E-state index in [-0.39, 0.29) is 11.9 Å². The Morgan fingerprint density at radius 1 is 1.09 bits per heavy atom. The highest BCUT2D eigenvalue weighted by molar-refractivity contribution is 5.96. The highest BCUT2D eigenvalue weighted by Crippen LogP contribution is 2.23. The van der Waals surface area contributed by atoms with E-state index in [4.69, 9.17) is 0 Å². The second-order valence-corrected chi connectivity index (χ2v) is 6.17. The van der Waals surface area contributed by atoms with Gasteiger partial charge in [0.2, 0.25) is 5.91 Å². The van der Waals surface area contributed by atoms with Gasteiger partial charge in [-0.25, -0.2) is 4.79 Å². The van der Waals surface area contributed by atoms with Gasteiger partial charge in [-0.1, -0.05) is 51.5 Å². The molecule has 128 valence electrons. The predicted molar refractivity (Wildman–Crippen MR) is 93.2 cm³/mol. The number of hydrogen-bond acceptors (Lipinski definition) is 3. The molecule has 0 bridgehead atoms. The molecule has 1 aromatic carbocycles. The molecule has 2 atom stereocenters. The molecule has 0 saturated carbocycles. The third-order valence-corrected chi connectivity index (χ3v) is 3.83. The maximum Gasteiger partial charge on any atom is 0.321 e. The molecular formula is C18H29N3O2. The highest BCUT2D eigenvalue weighted by atomic mass is 16.2. The second-order valence-electron chi connectivity index (χ2n) is 6.17. The Kier molecular flexibility index (Phi) is 7.75. The smallest absolute Gasteiger partial charge is 0.321 e. The normalized spacial score (nSPS) is 13.5. The zero-order chi connectivity index (χ0) is 17.4. The summed E-state index contributed by atoms with van der Waals surface area (Å²) in [6.07, 6.45) is 2.20. The van der Waals surface area contributed by atoms with Crippen molar-refractivity contribution >= 4 is 11.9 Å². The van der Waals surface area contributed by atoms with Crippen molar-refractivity contribution in [1.29, 1.82) is 0 Å². The minimum atomic E-state index is -0.492. The minimum absolute atomic E-state index is 0.0520. The van der Waals surface area contributed by atoms with Crippen LogP contribution in [0, 0.1) is 5.92 Å². The molecule has 0 aliphatic heterocycles. The Hall–Kier alpha value is -1.88. The van der Waals surface area contributed by atoms with Crippen molar-refractivity contribution in [3.8, 4) is 0 Å². The van der Waals surface area contributed by atoms with Gasteiger partial charge >= 0.3 is 6.03 Å². The average Bonchev–Trinajstić information content (AvgIpc) is 2.53. The number of carbonyl (C=O) groups is 2. The predicted octanol–water partition coefficient (Wildman–Crippen LogP) is 2.77. The number of imide groups is 1. The molecule has 0 unspecified atom stereocenters. The van der Waals surface area contributed by atoms with E-state index >= 15 is 0 Å². The fraction of sp³-hybridized carbons (Fsp3) is 0.556. The molecule has 5 heteroatoms. The van der Waals surface area contributed by atoms with Gasteiger partial charge in [0.1, 0.15) is 0 Å². The molecule has 0 aliphatic rings. The van der Waals surface area contributed by atoms with Gasteiger partial charge in [0.05, 0.1) is 6.04 Å². The number of urea groups is 1. The zero-order valence-corrected chi connectivity index (χ0v) is 14.8. The van der Waals surface area contributed by atoms with E-state index < -0.39 is 12.1 Å². The molecule has 0 aromatic heterocycles. The lowest BCUT2D eigenvalue weighted by Crippen LogP contribution is -2.48. The Bertz CT molecular complexity index is 512. The van der Waals surface area contributed by atoms with E-state index in [1.54, 1.807) is 6.92 Å². The lowest BCUT2D eigenvalue weighted by molar-refractivity contribution is -0.121. The molecule has 1 aromatic rings. The summed E-state index contributed by atoms with van der Waals surface area (Å²) in [5, 5.41) is 8.00. The van der Waals surface area contributed by atoms with Crippen molar-refractivity contribution in [1.82, 2.24) is 16.0 Å². The van der Waals surface area contributed by atoms with Gasteiger partial charge in [0, 0.05) is 13.1 Å². The van der Waals surface area contributed by atoms with Crippen LogP contribution in [0.15, 0.2) is 24.3 Å². The number of rotatable bonds is 7. The van der Waals surface area contributed by atoms with Crippen molar-refractivity contribution in [2.24, 2.45) is 5.92 Å². The van der Waals surface area contributed by atoms with Gasteiger partial charge in [0.15, 0.2) is 0 Å². The molecule has 0 aliphatic carbocycles. The summed E-state index contributed by atoms with van der Waals surface area (Å²) in [6, 6.07) is 7.62. The second kappa shape index (κ2) is 9.30. The molecule has 3 N–H and O–H groups in total. The molecule has 0 fully saturated rings. The maximum absolute atomic E-state index is 12.0. The summed E-state index contributed by atoms with van der Waals surface area (Å²) in [4.78, 5) is 23.3. The maximum atomic E-state index is 12.0. The van der Waals surface area contributed by atoms with E-state index in [0.29, 0.717) is 5.92 Å². The Labute approximate surface area is 139 Å². The first kappa shape index (κ1) is 19.2. The van der Waals surface area contributed by atoms with Crippen molar-refractivity contribution < 1.29 is 9.59 Å². The summed E-state index contributed by atoms with van der Waals surface area (Å²) >= 11 is 0. The van der Waals surface area contributed by atoms with Gasteiger partial charge < -0.3 is 5.32 Å². The molecular weight excluding hydrogens is 290 g/mol. The molecule has 0 heterocycles. The topological polar surface area (TPSA) is 70.2 Å². The molecule has 1 rings (SSSR count). The van der Waals surface area contributed by atoms with Crippen LogP contribution in [0.2, 0.25) is 0 Å². The number of hydrogen-bond donors (Lipinski definition) is 3. The first-order chi connectivity index (χ1) is 10.9.